The molecule has 0 saturated carbocycles. The van der Waals surface area contributed by atoms with Crippen LogP contribution in [-0.2, 0) is 6.54 Å². The average molecular weight is 302 g/mol. The lowest BCUT2D eigenvalue weighted by atomic mass is 10.2. The number of rotatable bonds is 6. The van der Waals surface area contributed by atoms with Gasteiger partial charge < -0.3 is 14.8 Å². The summed E-state index contributed by atoms with van der Waals surface area (Å²) in [4.78, 5) is 0. The topological polar surface area (TPSA) is 30.5 Å². The molecule has 0 unspecified atom stereocenters. The van der Waals surface area contributed by atoms with Gasteiger partial charge in [0.25, 0.3) is 0 Å². The van der Waals surface area contributed by atoms with Crippen LogP contribution in [0.15, 0.2) is 42.5 Å². The molecule has 0 aliphatic rings. The van der Waals surface area contributed by atoms with Gasteiger partial charge in [0.2, 0.25) is 0 Å². The maximum Gasteiger partial charge on any atom is 0.148 e. The molecule has 21 heavy (non-hydrogen) atoms. The number of para-hydroxylation sites is 1. The van der Waals surface area contributed by atoms with Crippen molar-refractivity contribution in [3.8, 4) is 23.8 Å². The van der Waals surface area contributed by atoms with Crippen molar-refractivity contribution < 1.29 is 9.47 Å². The van der Waals surface area contributed by atoms with Gasteiger partial charge in [-0.05, 0) is 18.2 Å². The second-order valence-electron chi connectivity index (χ2n) is 4.30. The summed E-state index contributed by atoms with van der Waals surface area (Å²) in [6, 6.07) is 13.3. The minimum absolute atomic E-state index is 0.256. The van der Waals surface area contributed by atoms with E-state index in [0.29, 0.717) is 17.3 Å². The highest BCUT2D eigenvalue weighted by Crippen LogP contribution is 2.28. The molecule has 2 aromatic rings. The van der Waals surface area contributed by atoms with Crippen LogP contribution >= 0.6 is 11.6 Å². The van der Waals surface area contributed by atoms with Crippen LogP contribution in [0, 0.1) is 12.3 Å². The highest BCUT2D eigenvalue weighted by atomic mass is 35.5. The molecule has 0 saturated heterocycles. The normalized spacial score (nSPS) is 9.76. The zero-order valence-corrected chi connectivity index (χ0v) is 12.5. The van der Waals surface area contributed by atoms with Gasteiger partial charge >= 0.3 is 0 Å². The number of terminal acetylenes is 1. The molecule has 0 aliphatic heterocycles. The van der Waals surface area contributed by atoms with E-state index in [1.54, 1.807) is 13.2 Å². The van der Waals surface area contributed by atoms with Crippen molar-refractivity contribution in [3.05, 3.63) is 53.1 Å². The van der Waals surface area contributed by atoms with Crippen molar-refractivity contribution in [1.82, 2.24) is 0 Å². The number of ether oxygens (including phenoxy) is 2. The van der Waals surface area contributed by atoms with E-state index in [1.807, 2.05) is 36.4 Å². The van der Waals surface area contributed by atoms with E-state index in [9.17, 15) is 0 Å². The smallest absolute Gasteiger partial charge is 0.148 e. The van der Waals surface area contributed by atoms with E-state index in [0.717, 1.165) is 17.0 Å². The Balaban J connectivity index is 2.08. The second kappa shape index (κ2) is 7.47. The second-order valence-corrected chi connectivity index (χ2v) is 4.71. The fourth-order valence-corrected chi connectivity index (χ4v) is 2.07. The van der Waals surface area contributed by atoms with Crippen molar-refractivity contribution in [2.45, 2.75) is 6.54 Å². The van der Waals surface area contributed by atoms with E-state index >= 15 is 0 Å². The molecule has 0 fully saturated rings. The predicted molar refractivity (Wildman–Crippen MR) is 86.1 cm³/mol. The summed E-state index contributed by atoms with van der Waals surface area (Å²) in [5.41, 5.74) is 1.95. The number of hydrogen-bond donors (Lipinski definition) is 1. The van der Waals surface area contributed by atoms with Gasteiger partial charge in [0.15, 0.2) is 0 Å². The summed E-state index contributed by atoms with van der Waals surface area (Å²) in [5.74, 6) is 3.88. The number of benzene rings is 2. The van der Waals surface area contributed by atoms with Crippen molar-refractivity contribution in [2.75, 3.05) is 19.0 Å². The van der Waals surface area contributed by atoms with Gasteiger partial charge in [0, 0.05) is 23.9 Å². The van der Waals surface area contributed by atoms with Crippen molar-refractivity contribution in [2.24, 2.45) is 0 Å². The van der Waals surface area contributed by atoms with Gasteiger partial charge in [-0.15, -0.1) is 6.42 Å². The molecule has 0 spiro atoms. The molecule has 0 atom stereocenters. The van der Waals surface area contributed by atoms with Crippen LogP contribution in [0.2, 0.25) is 5.02 Å². The third-order valence-electron chi connectivity index (χ3n) is 2.92. The molecule has 0 aromatic heterocycles. The Morgan fingerprint density at radius 2 is 2.00 bits per heavy atom. The maximum absolute atomic E-state index is 6.00. The molecule has 0 bridgehead atoms. The van der Waals surface area contributed by atoms with E-state index in [2.05, 4.69) is 11.2 Å². The molecular weight excluding hydrogens is 286 g/mol. The van der Waals surface area contributed by atoms with Gasteiger partial charge in [-0.3, -0.25) is 0 Å². The van der Waals surface area contributed by atoms with Crippen LogP contribution in [0.4, 0.5) is 5.69 Å². The Labute approximate surface area is 129 Å². The van der Waals surface area contributed by atoms with Crippen LogP contribution in [0.5, 0.6) is 11.5 Å². The van der Waals surface area contributed by atoms with Crippen LogP contribution in [-0.4, -0.2) is 13.7 Å². The summed E-state index contributed by atoms with van der Waals surface area (Å²) in [6.45, 7) is 0.872. The molecule has 0 heterocycles. The van der Waals surface area contributed by atoms with Gasteiger partial charge in [-0.2, -0.15) is 0 Å². The quantitative estimate of drug-likeness (QED) is 0.819. The van der Waals surface area contributed by atoms with E-state index in [1.165, 1.54) is 0 Å². The van der Waals surface area contributed by atoms with E-state index in [-0.39, 0.29) is 6.61 Å². The average Bonchev–Trinajstić information content (AvgIpc) is 2.53. The Morgan fingerprint density at radius 1 is 1.19 bits per heavy atom. The summed E-state index contributed by atoms with van der Waals surface area (Å²) in [6.07, 6.45) is 5.22. The van der Waals surface area contributed by atoms with Gasteiger partial charge in [0.1, 0.15) is 18.1 Å². The highest BCUT2D eigenvalue weighted by molar-refractivity contribution is 6.32. The highest BCUT2D eigenvalue weighted by Gasteiger charge is 2.05. The standard InChI is InChI=1S/C17H16ClNO2/c1-3-10-21-16-7-5-4-6-13(16)12-19-14-8-9-15(18)17(11-14)20-2/h1,4-9,11,19H,10,12H2,2H3. The molecule has 1 N–H and O–H groups in total. The largest absolute Gasteiger partial charge is 0.495 e. The minimum Gasteiger partial charge on any atom is -0.495 e. The molecule has 0 radical (unpaired) electrons. The zero-order chi connectivity index (χ0) is 15.1. The number of hydrogen-bond acceptors (Lipinski definition) is 3. The molecule has 0 amide bonds. The van der Waals surface area contributed by atoms with Crippen molar-refractivity contribution in [1.29, 1.82) is 0 Å². The lowest BCUT2D eigenvalue weighted by molar-refractivity contribution is 0.366. The zero-order valence-electron chi connectivity index (χ0n) is 11.7. The molecule has 2 aromatic carbocycles. The summed E-state index contributed by atoms with van der Waals surface area (Å²) in [5, 5.41) is 3.89. The Kier molecular flexibility index (Phi) is 5.36. The molecule has 108 valence electrons. The third-order valence-corrected chi connectivity index (χ3v) is 3.23. The van der Waals surface area contributed by atoms with Gasteiger partial charge in [-0.1, -0.05) is 35.7 Å². The first-order valence-electron chi connectivity index (χ1n) is 6.46. The molecular formula is C17H16ClNO2. The molecule has 2 rings (SSSR count). The van der Waals surface area contributed by atoms with Crippen molar-refractivity contribution in [3.63, 3.8) is 0 Å². The van der Waals surface area contributed by atoms with Crippen molar-refractivity contribution >= 4 is 17.3 Å². The Hall–Kier alpha value is -2.31. The summed E-state index contributed by atoms with van der Waals surface area (Å²) in [7, 11) is 1.59. The van der Waals surface area contributed by atoms with Crippen LogP contribution in [0.3, 0.4) is 0 Å². The number of anilines is 1. The lowest BCUT2D eigenvalue weighted by Crippen LogP contribution is -2.03. The summed E-state index contributed by atoms with van der Waals surface area (Å²) >= 11 is 6.00. The minimum atomic E-state index is 0.256. The lowest BCUT2D eigenvalue weighted by Gasteiger charge is -2.12. The maximum atomic E-state index is 6.00. The molecule has 4 heteroatoms. The predicted octanol–water partition coefficient (Wildman–Crippen LogP) is 3.97. The monoisotopic (exact) mass is 301 g/mol. The van der Waals surface area contributed by atoms with Gasteiger partial charge in [0.05, 0.1) is 12.1 Å². The third kappa shape index (κ3) is 4.08. The molecule has 0 aliphatic carbocycles. The SMILES string of the molecule is C#CCOc1ccccc1CNc1ccc(Cl)c(OC)c1. The first-order valence-corrected chi connectivity index (χ1v) is 6.84. The van der Waals surface area contributed by atoms with Crippen LogP contribution in [0.1, 0.15) is 5.56 Å². The van der Waals surface area contributed by atoms with Crippen LogP contribution in [0.25, 0.3) is 0 Å². The fourth-order valence-electron chi connectivity index (χ4n) is 1.88. The summed E-state index contributed by atoms with van der Waals surface area (Å²) < 4.78 is 10.7. The number of nitrogens with one attached hydrogen (secondary N) is 1. The van der Waals surface area contributed by atoms with E-state index in [4.69, 9.17) is 27.5 Å². The fraction of sp³-hybridized carbons (Fsp3) is 0.176. The first-order chi connectivity index (χ1) is 10.2. The Bertz CT molecular complexity index is 649. The van der Waals surface area contributed by atoms with Gasteiger partial charge in [-0.25, -0.2) is 0 Å². The molecule has 3 nitrogen and oxygen atoms in total. The van der Waals surface area contributed by atoms with E-state index < -0.39 is 0 Å². The number of methoxy groups -OCH3 is 1. The first kappa shape index (κ1) is 15.1. The number of halogens is 1. The van der Waals surface area contributed by atoms with Crippen LogP contribution < -0.4 is 14.8 Å². The Morgan fingerprint density at radius 3 is 2.76 bits per heavy atom.